The Labute approximate surface area is 98.4 Å². The molecule has 0 saturated carbocycles. The Balaban J connectivity index is 2.38. The van der Waals surface area contributed by atoms with E-state index in [1.54, 1.807) is 24.3 Å². The summed E-state index contributed by atoms with van der Waals surface area (Å²) in [6.45, 7) is 1.42. The lowest BCUT2D eigenvalue weighted by Crippen LogP contribution is -2.38. The molecule has 0 spiro atoms. The average Bonchev–Trinajstić information content (AvgIpc) is 2.28. The minimum Gasteiger partial charge on any atom is -0.480 e. The molecular formula is C11H14N2O4. The molecule has 0 fully saturated rings. The number of nitrogen functional groups attached to an aromatic ring is 1. The van der Waals surface area contributed by atoms with Gasteiger partial charge in [-0.3, -0.25) is 4.79 Å². The predicted octanol–water partition coefficient (Wildman–Crippen LogP) is 0.968. The van der Waals surface area contributed by atoms with E-state index in [0.29, 0.717) is 5.69 Å². The summed E-state index contributed by atoms with van der Waals surface area (Å²) in [6, 6.07) is 5.85. The molecule has 1 atom stereocenters. The van der Waals surface area contributed by atoms with E-state index in [1.165, 1.54) is 6.92 Å². The SMILES string of the molecule is C[C@H](NC(=O)OCc1ccc(N)cc1)C(=O)O. The van der Waals surface area contributed by atoms with Crippen LogP contribution in [0, 0.1) is 0 Å². The van der Waals surface area contributed by atoms with E-state index in [-0.39, 0.29) is 6.61 Å². The van der Waals surface area contributed by atoms with Gasteiger partial charge in [-0.15, -0.1) is 0 Å². The molecule has 1 aromatic rings. The Bertz CT molecular complexity index is 402. The third-order valence-corrected chi connectivity index (χ3v) is 2.05. The number of carboxylic acid groups (broad SMARTS) is 1. The summed E-state index contributed by atoms with van der Waals surface area (Å²) in [6.07, 6.45) is -0.767. The Hall–Kier alpha value is -2.24. The zero-order chi connectivity index (χ0) is 12.8. The van der Waals surface area contributed by atoms with Gasteiger partial charge in [0.05, 0.1) is 0 Å². The molecule has 0 radical (unpaired) electrons. The fourth-order valence-corrected chi connectivity index (χ4v) is 1.04. The molecule has 4 N–H and O–H groups in total. The van der Waals surface area contributed by atoms with Crippen molar-refractivity contribution >= 4 is 17.7 Å². The highest BCUT2D eigenvalue weighted by Gasteiger charge is 2.14. The Morgan fingerprint density at radius 3 is 2.53 bits per heavy atom. The summed E-state index contributed by atoms with van der Waals surface area (Å²) < 4.78 is 4.83. The van der Waals surface area contributed by atoms with E-state index in [4.69, 9.17) is 15.6 Å². The van der Waals surface area contributed by atoms with Crippen LogP contribution in [0.15, 0.2) is 24.3 Å². The number of ether oxygens (including phenoxy) is 1. The molecule has 17 heavy (non-hydrogen) atoms. The maximum Gasteiger partial charge on any atom is 0.408 e. The molecule has 0 aliphatic carbocycles. The molecule has 1 amide bonds. The van der Waals surface area contributed by atoms with Crippen LogP contribution in [0.2, 0.25) is 0 Å². The minimum atomic E-state index is -1.12. The monoisotopic (exact) mass is 238 g/mol. The minimum absolute atomic E-state index is 0.0679. The lowest BCUT2D eigenvalue weighted by molar-refractivity contribution is -0.138. The van der Waals surface area contributed by atoms with E-state index < -0.39 is 18.1 Å². The van der Waals surface area contributed by atoms with E-state index in [1.807, 2.05) is 0 Å². The van der Waals surface area contributed by atoms with Gasteiger partial charge < -0.3 is 20.9 Å². The molecule has 0 heterocycles. The average molecular weight is 238 g/mol. The van der Waals surface area contributed by atoms with Crippen LogP contribution in [0.25, 0.3) is 0 Å². The van der Waals surface area contributed by atoms with Gasteiger partial charge >= 0.3 is 12.1 Å². The van der Waals surface area contributed by atoms with Crippen molar-refractivity contribution in [2.45, 2.75) is 19.6 Å². The van der Waals surface area contributed by atoms with Gasteiger partial charge in [-0.1, -0.05) is 12.1 Å². The topological polar surface area (TPSA) is 102 Å². The fraction of sp³-hybridized carbons (Fsp3) is 0.273. The van der Waals surface area contributed by atoms with Crippen molar-refractivity contribution < 1.29 is 19.4 Å². The van der Waals surface area contributed by atoms with Gasteiger partial charge in [0.25, 0.3) is 0 Å². The van der Waals surface area contributed by atoms with Crippen LogP contribution in [-0.2, 0) is 16.1 Å². The smallest absolute Gasteiger partial charge is 0.408 e. The maximum absolute atomic E-state index is 11.2. The number of carboxylic acids is 1. The second-order valence-corrected chi connectivity index (χ2v) is 3.52. The van der Waals surface area contributed by atoms with Crippen molar-refractivity contribution in [3.05, 3.63) is 29.8 Å². The van der Waals surface area contributed by atoms with Gasteiger partial charge in [-0.2, -0.15) is 0 Å². The van der Waals surface area contributed by atoms with Crippen molar-refractivity contribution in [2.75, 3.05) is 5.73 Å². The maximum atomic E-state index is 11.2. The number of benzene rings is 1. The van der Waals surface area contributed by atoms with Crippen LogP contribution in [0.3, 0.4) is 0 Å². The highest BCUT2D eigenvalue weighted by atomic mass is 16.5. The molecule has 0 saturated heterocycles. The number of hydrogen-bond acceptors (Lipinski definition) is 4. The lowest BCUT2D eigenvalue weighted by Gasteiger charge is -2.10. The highest BCUT2D eigenvalue weighted by molar-refractivity contribution is 5.79. The van der Waals surface area contributed by atoms with Crippen LogP contribution in [0.5, 0.6) is 0 Å². The fourth-order valence-electron chi connectivity index (χ4n) is 1.04. The van der Waals surface area contributed by atoms with Crippen molar-refractivity contribution in [3.63, 3.8) is 0 Å². The van der Waals surface area contributed by atoms with Crippen LogP contribution in [0.1, 0.15) is 12.5 Å². The van der Waals surface area contributed by atoms with Gasteiger partial charge in [-0.25, -0.2) is 4.79 Å². The van der Waals surface area contributed by atoms with Crippen molar-refractivity contribution in [3.8, 4) is 0 Å². The van der Waals surface area contributed by atoms with Gasteiger partial charge in [0.2, 0.25) is 0 Å². The second kappa shape index (κ2) is 5.74. The number of nitrogens with two attached hydrogens (primary N) is 1. The Morgan fingerprint density at radius 1 is 1.41 bits per heavy atom. The quantitative estimate of drug-likeness (QED) is 0.678. The van der Waals surface area contributed by atoms with Crippen molar-refractivity contribution in [1.82, 2.24) is 5.32 Å². The standard InChI is InChI=1S/C11H14N2O4/c1-7(10(14)15)13-11(16)17-6-8-2-4-9(12)5-3-8/h2-5,7H,6,12H2,1H3,(H,13,16)(H,14,15)/t7-/m0/s1. The third-order valence-electron chi connectivity index (χ3n) is 2.05. The predicted molar refractivity (Wildman–Crippen MR) is 61.3 cm³/mol. The first-order valence-electron chi connectivity index (χ1n) is 4.99. The zero-order valence-corrected chi connectivity index (χ0v) is 9.34. The zero-order valence-electron chi connectivity index (χ0n) is 9.34. The van der Waals surface area contributed by atoms with Crippen LogP contribution >= 0.6 is 0 Å². The van der Waals surface area contributed by atoms with Gasteiger partial charge in [0, 0.05) is 5.69 Å². The molecule has 6 heteroatoms. The van der Waals surface area contributed by atoms with E-state index in [9.17, 15) is 9.59 Å². The van der Waals surface area contributed by atoms with Gasteiger partial charge in [-0.05, 0) is 24.6 Å². The number of carbonyl (C=O) groups is 2. The van der Waals surface area contributed by atoms with Crippen molar-refractivity contribution in [2.24, 2.45) is 0 Å². The first-order chi connectivity index (χ1) is 7.99. The number of alkyl carbamates (subject to hydrolysis) is 1. The number of carbonyl (C=O) groups excluding carboxylic acids is 1. The number of rotatable bonds is 4. The molecule has 1 rings (SSSR count). The largest absolute Gasteiger partial charge is 0.480 e. The first-order valence-corrected chi connectivity index (χ1v) is 4.99. The number of anilines is 1. The molecule has 0 aromatic heterocycles. The van der Waals surface area contributed by atoms with Crippen LogP contribution in [-0.4, -0.2) is 23.2 Å². The molecule has 0 bridgehead atoms. The van der Waals surface area contributed by atoms with Gasteiger partial charge in [0.1, 0.15) is 12.6 Å². The van der Waals surface area contributed by atoms with Gasteiger partial charge in [0.15, 0.2) is 0 Å². The lowest BCUT2D eigenvalue weighted by atomic mass is 10.2. The molecule has 0 unspecified atom stereocenters. The molecule has 92 valence electrons. The summed E-state index contributed by atoms with van der Waals surface area (Å²) >= 11 is 0. The molecular weight excluding hydrogens is 224 g/mol. The third kappa shape index (κ3) is 4.42. The van der Waals surface area contributed by atoms with E-state index in [2.05, 4.69) is 5.32 Å². The Kier molecular flexibility index (Phi) is 4.33. The highest BCUT2D eigenvalue weighted by Crippen LogP contribution is 2.06. The van der Waals surface area contributed by atoms with E-state index in [0.717, 1.165) is 5.56 Å². The summed E-state index contributed by atoms with van der Waals surface area (Å²) in [7, 11) is 0. The summed E-state index contributed by atoms with van der Waals surface area (Å²) in [4.78, 5) is 21.6. The van der Waals surface area contributed by atoms with Crippen LogP contribution in [0.4, 0.5) is 10.5 Å². The summed E-state index contributed by atoms with van der Waals surface area (Å²) in [5.41, 5.74) is 6.89. The van der Waals surface area contributed by atoms with E-state index >= 15 is 0 Å². The Morgan fingerprint density at radius 2 is 2.00 bits per heavy atom. The number of hydrogen-bond donors (Lipinski definition) is 3. The van der Waals surface area contributed by atoms with Crippen molar-refractivity contribution in [1.29, 1.82) is 0 Å². The summed E-state index contributed by atoms with van der Waals surface area (Å²) in [5.74, 6) is -1.12. The van der Waals surface area contributed by atoms with Crippen LogP contribution < -0.4 is 11.1 Å². The number of amides is 1. The summed E-state index contributed by atoms with van der Waals surface area (Å²) in [5, 5.41) is 10.7. The molecule has 6 nitrogen and oxygen atoms in total. The first kappa shape index (κ1) is 12.8. The molecule has 1 aromatic carbocycles. The number of nitrogens with one attached hydrogen (secondary N) is 1. The molecule has 0 aliphatic heterocycles. The second-order valence-electron chi connectivity index (χ2n) is 3.52. The normalized spacial score (nSPS) is 11.6. The number of aliphatic carboxylic acids is 1. The molecule has 0 aliphatic rings.